The smallest absolute Gasteiger partial charge is 0.189 e. The van der Waals surface area contributed by atoms with Crippen LogP contribution in [0.1, 0.15) is 23.2 Å². The van der Waals surface area contributed by atoms with Crippen LogP contribution in [0, 0.1) is 0 Å². The van der Waals surface area contributed by atoms with Crippen LogP contribution in [0.15, 0.2) is 18.3 Å². The SMILES string of the molecule is ClCCCc1cn(Cc2cc(Cl)cc3c2OCOC3)nn1. The lowest BCUT2D eigenvalue weighted by Gasteiger charge is -2.21. The minimum Gasteiger partial charge on any atom is -0.467 e. The highest BCUT2D eigenvalue weighted by Crippen LogP contribution is 2.32. The van der Waals surface area contributed by atoms with E-state index in [0.717, 1.165) is 35.4 Å². The Morgan fingerprint density at radius 2 is 2.24 bits per heavy atom. The lowest BCUT2D eigenvalue weighted by atomic mass is 10.1. The highest BCUT2D eigenvalue weighted by Gasteiger charge is 2.17. The lowest BCUT2D eigenvalue weighted by Crippen LogP contribution is -2.14. The van der Waals surface area contributed by atoms with Crippen LogP contribution in [0.2, 0.25) is 5.02 Å². The van der Waals surface area contributed by atoms with Gasteiger partial charge in [-0.1, -0.05) is 16.8 Å². The zero-order chi connectivity index (χ0) is 14.7. The van der Waals surface area contributed by atoms with Crippen LogP contribution in [0.3, 0.4) is 0 Å². The third-order valence-corrected chi connectivity index (χ3v) is 3.72. The van der Waals surface area contributed by atoms with Crippen LogP contribution >= 0.6 is 23.2 Å². The van der Waals surface area contributed by atoms with E-state index < -0.39 is 0 Å². The molecule has 5 nitrogen and oxygen atoms in total. The van der Waals surface area contributed by atoms with Gasteiger partial charge in [0.1, 0.15) is 5.75 Å². The molecule has 7 heteroatoms. The van der Waals surface area contributed by atoms with Crippen LogP contribution in [0.5, 0.6) is 5.75 Å². The highest BCUT2D eigenvalue weighted by atomic mass is 35.5. The normalized spacial score (nSPS) is 13.8. The van der Waals surface area contributed by atoms with Crippen molar-refractivity contribution in [1.29, 1.82) is 0 Å². The minimum absolute atomic E-state index is 0.264. The molecule has 21 heavy (non-hydrogen) atoms. The number of aromatic nitrogens is 3. The van der Waals surface area contributed by atoms with Crippen LogP contribution in [-0.2, 0) is 24.3 Å². The van der Waals surface area contributed by atoms with Crippen molar-refractivity contribution >= 4 is 23.2 Å². The quantitative estimate of drug-likeness (QED) is 0.792. The minimum atomic E-state index is 0.264. The third-order valence-electron chi connectivity index (χ3n) is 3.24. The van der Waals surface area contributed by atoms with Crippen LogP contribution in [0.4, 0.5) is 0 Å². The Balaban J connectivity index is 1.81. The average molecular weight is 328 g/mol. The number of rotatable bonds is 5. The summed E-state index contributed by atoms with van der Waals surface area (Å²) in [4.78, 5) is 0. The molecule has 0 spiro atoms. The van der Waals surface area contributed by atoms with E-state index in [1.807, 2.05) is 18.3 Å². The molecule has 0 radical (unpaired) electrons. The zero-order valence-corrected chi connectivity index (χ0v) is 12.9. The van der Waals surface area contributed by atoms with Gasteiger partial charge in [-0.25, -0.2) is 4.68 Å². The third kappa shape index (κ3) is 3.48. The van der Waals surface area contributed by atoms with Crippen LogP contribution < -0.4 is 4.74 Å². The molecule has 1 aromatic heterocycles. The standard InChI is InChI=1S/C14H15Cl2N3O2/c15-3-1-2-13-7-19(18-17-13)6-10-4-12(16)5-11-8-20-9-21-14(10)11/h4-5,7H,1-3,6,8-9H2. The maximum absolute atomic E-state index is 6.15. The number of alkyl halides is 1. The predicted octanol–water partition coefficient (Wildman–Crippen LogP) is 3.02. The molecule has 2 aromatic rings. The number of benzene rings is 1. The second-order valence-electron chi connectivity index (χ2n) is 4.86. The van der Waals surface area contributed by atoms with Crippen molar-refractivity contribution in [2.24, 2.45) is 0 Å². The fraction of sp³-hybridized carbons (Fsp3) is 0.429. The van der Waals surface area contributed by atoms with Gasteiger partial charge in [-0.2, -0.15) is 0 Å². The van der Waals surface area contributed by atoms with E-state index in [4.69, 9.17) is 32.7 Å². The first-order valence-corrected chi connectivity index (χ1v) is 7.64. The molecule has 0 N–H and O–H groups in total. The molecule has 2 heterocycles. The number of hydrogen-bond donors (Lipinski definition) is 0. The molecule has 1 aliphatic heterocycles. The fourth-order valence-corrected chi connectivity index (χ4v) is 2.72. The van der Waals surface area contributed by atoms with Crippen LogP contribution in [0.25, 0.3) is 0 Å². The Hall–Kier alpha value is -1.30. The molecule has 112 valence electrons. The number of nitrogens with zero attached hydrogens (tertiary/aromatic N) is 3. The van der Waals surface area contributed by atoms with E-state index in [0.29, 0.717) is 24.1 Å². The molecule has 1 aromatic carbocycles. The van der Waals surface area contributed by atoms with Gasteiger partial charge in [-0.3, -0.25) is 0 Å². The molecule has 0 bridgehead atoms. The molecular formula is C14H15Cl2N3O2. The summed E-state index contributed by atoms with van der Waals surface area (Å²) in [7, 11) is 0. The van der Waals surface area contributed by atoms with E-state index in [-0.39, 0.29) is 6.79 Å². The van der Waals surface area contributed by atoms with Gasteiger partial charge >= 0.3 is 0 Å². The first-order chi connectivity index (χ1) is 10.3. The summed E-state index contributed by atoms with van der Waals surface area (Å²) in [5, 5.41) is 8.94. The van der Waals surface area contributed by atoms with Gasteiger partial charge in [0.25, 0.3) is 0 Å². The average Bonchev–Trinajstić information content (AvgIpc) is 2.92. The molecule has 0 atom stereocenters. The Bertz CT molecular complexity index is 631. The molecule has 3 rings (SSSR count). The molecule has 0 aliphatic carbocycles. The summed E-state index contributed by atoms with van der Waals surface area (Å²) in [6.45, 7) is 1.35. The van der Waals surface area contributed by atoms with Crippen molar-refractivity contribution in [2.45, 2.75) is 26.0 Å². The molecule has 0 unspecified atom stereocenters. The molecule has 0 amide bonds. The summed E-state index contributed by atoms with van der Waals surface area (Å²) in [5.74, 6) is 1.46. The Morgan fingerprint density at radius 3 is 3.10 bits per heavy atom. The van der Waals surface area contributed by atoms with E-state index in [1.165, 1.54) is 0 Å². The summed E-state index contributed by atoms with van der Waals surface area (Å²) in [5.41, 5.74) is 2.89. The summed E-state index contributed by atoms with van der Waals surface area (Å²) in [6.07, 6.45) is 3.66. The number of aryl methyl sites for hydroxylation is 1. The topological polar surface area (TPSA) is 49.2 Å². The molecular weight excluding hydrogens is 313 g/mol. The highest BCUT2D eigenvalue weighted by molar-refractivity contribution is 6.30. The predicted molar refractivity (Wildman–Crippen MR) is 79.9 cm³/mol. The number of halogens is 2. The monoisotopic (exact) mass is 327 g/mol. The van der Waals surface area contributed by atoms with E-state index in [1.54, 1.807) is 4.68 Å². The first-order valence-electron chi connectivity index (χ1n) is 6.73. The van der Waals surface area contributed by atoms with Crippen molar-refractivity contribution < 1.29 is 9.47 Å². The lowest BCUT2D eigenvalue weighted by molar-refractivity contribution is -0.0171. The van der Waals surface area contributed by atoms with E-state index in [9.17, 15) is 0 Å². The van der Waals surface area contributed by atoms with Crippen molar-refractivity contribution in [2.75, 3.05) is 12.7 Å². The molecule has 1 aliphatic rings. The number of hydrogen-bond acceptors (Lipinski definition) is 4. The second kappa shape index (κ2) is 6.64. The van der Waals surface area contributed by atoms with Gasteiger partial charge in [0.15, 0.2) is 6.79 Å². The summed E-state index contributed by atoms with van der Waals surface area (Å²) < 4.78 is 12.7. The summed E-state index contributed by atoms with van der Waals surface area (Å²) >= 11 is 11.8. The largest absolute Gasteiger partial charge is 0.467 e. The van der Waals surface area contributed by atoms with E-state index >= 15 is 0 Å². The first kappa shape index (κ1) is 14.6. The number of ether oxygens (including phenoxy) is 2. The van der Waals surface area contributed by atoms with Gasteiger partial charge in [0.2, 0.25) is 0 Å². The van der Waals surface area contributed by atoms with Gasteiger partial charge in [0.05, 0.1) is 18.8 Å². The zero-order valence-electron chi connectivity index (χ0n) is 11.4. The maximum atomic E-state index is 6.15. The van der Waals surface area contributed by atoms with Gasteiger partial charge in [-0.15, -0.1) is 16.7 Å². The van der Waals surface area contributed by atoms with Crippen molar-refractivity contribution in [3.05, 3.63) is 40.2 Å². The van der Waals surface area contributed by atoms with Crippen molar-refractivity contribution in [3.63, 3.8) is 0 Å². The Labute approximate surface area is 132 Å². The molecule has 0 fully saturated rings. The number of fused-ring (bicyclic) bond motifs is 1. The molecule has 0 saturated heterocycles. The Kier molecular flexibility index (Phi) is 4.63. The van der Waals surface area contributed by atoms with E-state index in [2.05, 4.69) is 10.3 Å². The van der Waals surface area contributed by atoms with Crippen LogP contribution in [-0.4, -0.2) is 27.7 Å². The molecule has 0 saturated carbocycles. The fourth-order valence-electron chi connectivity index (χ4n) is 2.33. The van der Waals surface area contributed by atoms with Crippen molar-refractivity contribution in [1.82, 2.24) is 15.0 Å². The summed E-state index contributed by atoms with van der Waals surface area (Å²) in [6, 6.07) is 3.76. The van der Waals surface area contributed by atoms with Gasteiger partial charge < -0.3 is 9.47 Å². The Morgan fingerprint density at radius 1 is 1.33 bits per heavy atom. The second-order valence-corrected chi connectivity index (χ2v) is 5.68. The van der Waals surface area contributed by atoms with Crippen molar-refractivity contribution in [3.8, 4) is 5.75 Å². The van der Waals surface area contributed by atoms with Gasteiger partial charge in [0, 0.05) is 28.2 Å². The maximum Gasteiger partial charge on any atom is 0.189 e. The van der Waals surface area contributed by atoms with Gasteiger partial charge in [-0.05, 0) is 25.0 Å².